The van der Waals surface area contributed by atoms with Crippen molar-refractivity contribution in [3.8, 4) is 0 Å². The van der Waals surface area contributed by atoms with Crippen LogP contribution in [0.1, 0.15) is 33.5 Å². The van der Waals surface area contributed by atoms with Gasteiger partial charge >= 0.3 is 0 Å². The SMILES string of the molecule is Cc1ccc(Cn2c(C)c(C)c3nc(Cl)cc(N4CCc5ccccc5C4)c32)cc1. The normalized spacial score (nSPS) is 13.7. The molecule has 4 heteroatoms. The number of benzene rings is 2. The van der Waals surface area contributed by atoms with Crippen molar-refractivity contribution in [2.75, 3.05) is 11.4 Å². The summed E-state index contributed by atoms with van der Waals surface area (Å²) in [6.07, 6.45) is 1.05. The molecule has 2 aromatic heterocycles. The number of hydrogen-bond donors (Lipinski definition) is 0. The Kier molecular flexibility index (Phi) is 4.79. The third-order valence-electron chi connectivity index (χ3n) is 6.45. The summed E-state index contributed by atoms with van der Waals surface area (Å²) >= 11 is 6.51. The molecule has 0 amide bonds. The average Bonchev–Trinajstić information content (AvgIpc) is 2.99. The number of hydrogen-bond acceptors (Lipinski definition) is 2. The zero-order valence-corrected chi connectivity index (χ0v) is 18.5. The molecule has 3 heterocycles. The van der Waals surface area contributed by atoms with E-state index in [1.807, 2.05) is 6.07 Å². The van der Waals surface area contributed by atoms with Gasteiger partial charge in [0.15, 0.2) is 0 Å². The first-order valence-corrected chi connectivity index (χ1v) is 10.9. The van der Waals surface area contributed by atoms with Crippen molar-refractivity contribution < 1.29 is 0 Å². The van der Waals surface area contributed by atoms with Gasteiger partial charge in [0, 0.05) is 31.4 Å². The van der Waals surface area contributed by atoms with Crippen molar-refractivity contribution in [2.24, 2.45) is 0 Å². The quantitative estimate of drug-likeness (QED) is 0.370. The minimum Gasteiger partial charge on any atom is -0.365 e. The van der Waals surface area contributed by atoms with Gasteiger partial charge in [0.25, 0.3) is 0 Å². The van der Waals surface area contributed by atoms with Gasteiger partial charge in [-0.15, -0.1) is 0 Å². The van der Waals surface area contributed by atoms with Gasteiger partial charge in [0.1, 0.15) is 5.15 Å². The Morgan fingerprint density at radius 3 is 2.47 bits per heavy atom. The Balaban J connectivity index is 1.65. The van der Waals surface area contributed by atoms with Crippen LogP contribution in [0.2, 0.25) is 5.15 Å². The second-order valence-electron chi connectivity index (χ2n) is 8.38. The monoisotopic (exact) mass is 415 g/mol. The lowest BCUT2D eigenvalue weighted by Gasteiger charge is -2.31. The van der Waals surface area contributed by atoms with Gasteiger partial charge in [-0.1, -0.05) is 65.7 Å². The number of rotatable bonds is 3. The van der Waals surface area contributed by atoms with Crippen LogP contribution in [0.15, 0.2) is 54.6 Å². The third kappa shape index (κ3) is 3.27. The average molecular weight is 416 g/mol. The molecule has 0 bridgehead atoms. The molecule has 0 saturated carbocycles. The summed E-state index contributed by atoms with van der Waals surface area (Å²) in [6, 6.07) is 19.6. The van der Waals surface area contributed by atoms with Crippen molar-refractivity contribution in [3.63, 3.8) is 0 Å². The Morgan fingerprint density at radius 2 is 1.70 bits per heavy atom. The van der Waals surface area contributed by atoms with Crippen LogP contribution in [0.4, 0.5) is 5.69 Å². The largest absolute Gasteiger partial charge is 0.365 e. The molecule has 0 aliphatic carbocycles. The highest BCUT2D eigenvalue weighted by Crippen LogP contribution is 2.36. The maximum absolute atomic E-state index is 6.51. The first kappa shape index (κ1) is 19.2. The van der Waals surface area contributed by atoms with Crippen molar-refractivity contribution in [2.45, 2.75) is 40.3 Å². The molecule has 0 radical (unpaired) electrons. The minimum atomic E-state index is 0.562. The second-order valence-corrected chi connectivity index (χ2v) is 8.77. The van der Waals surface area contributed by atoms with E-state index in [0.29, 0.717) is 5.15 Å². The Labute approximate surface area is 182 Å². The Hall–Kier alpha value is -2.78. The third-order valence-corrected chi connectivity index (χ3v) is 6.64. The smallest absolute Gasteiger partial charge is 0.131 e. The van der Waals surface area contributed by atoms with Crippen LogP contribution in [0.25, 0.3) is 11.0 Å². The van der Waals surface area contributed by atoms with Gasteiger partial charge < -0.3 is 9.47 Å². The standard InChI is InChI=1S/C26H26ClN3/c1-17-8-10-20(11-9-17)15-30-19(3)18(2)25-26(30)23(14-24(27)28-25)29-13-12-21-6-4-5-7-22(21)16-29/h4-11,14H,12-13,15-16H2,1-3H3. The minimum absolute atomic E-state index is 0.562. The highest BCUT2D eigenvalue weighted by Gasteiger charge is 2.23. The number of aromatic nitrogens is 2. The van der Waals surface area contributed by atoms with Crippen molar-refractivity contribution in [1.82, 2.24) is 9.55 Å². The summed E-state index contributed by atoms with van der Waals surface area (Å²) in [7, 11) is 0. The molecule has 3 nitrogen and oxygen atoms in total. The molecule has 0 atom stereocenters. The van der Waals surface area contributed by atoms with E-state index in [0.717, 1.165) is 31.6 Å². The number of fused-ring (bicyclic) bond motifs is 2. The van der Waals surface area contributed by atoms with Crippen molar-refractivity contribution in [3.05, 3.63) is 93.3 Å². The lowest BCUT2D eigenvalue weighted by molar-refractivity contribution is 0.727. The molecular weight excluding hydrogens is 390 g/mol. The Bertz CT molecular complexity index is 1240. The van der Waals surface area contributed by atoms with Gasteiger partial charge in [-0.05, 0) is 49.4 Å². The number of nitrogens with zero attached hydrogens (tertiary/aromatic N) is 3. The fourth-order valence-electron chi connectivity index (χ4n) is 4.58. The number of aryl methyl sites for hydroxylation is 2. The van der Waals surface area contributed by atoms with Crippen LogP contribution in [0, 0.1) is 20.8 Å². The molecular formula is C26H26ClN3. The molecule has 0 N–H and O–H groups in total. The highest BCUT2D eigenvalue weighted by atomic mass is 35.5. The van der Waals surface area contributed by atoms with Crippen molar-refractivity contribution >= 4 is 28.3 Å². The van der Waals surface area contributed by atoms with Crippen molar-refractivity contribution in [1.29, 1.82) is 0 Å². The van der Waals surface area contributed by atoms with E-state index in [1.165, 1.54) is 44.7 Å². The van der Waals surface area contributed by atoms with Crippen LogP contribution < -0.4 is 4.90 Å². The molecule has 2 aromatic carbocycles. The van der Waals surface area contributed by atoms with E-state index in [-0.39, 0.29) is 0 Å². The number of pyridine rings is 1. The van der Waals surface area contributed by atoms with Crippen LogP contribution >= 0.6 is 11.6 Å². The molecule has 0 saturated heterocycles. The van der Waals surface area contributed by atoms with Crippen LogP contribution in [0.3, 0.4) is 0 Å². The molecule has 152 valence electrons. The number of anilines is 1. The van der Waals surface area contributed by atoms with Crippen LogP contribution in [-0.2, 0) is 19.5 Å². The first-order chi connectivity index (χ1) is 14.5. The predicted octanol–water partition coefficient (Wildman–Crippen LogP) is 6.23. The van der Waals surface area contributed by atoms with E-state index in [1.54, 1.807) is 0 Å². The van der Waals surface area contributed by atoms with E-state index in [2.05, 4.69) is 78.8 Å². The van der Waals surface area contributed by atoms with Gasteiger partial charge in [-0.3, -0.25) is 0 Å². The summed E-state index contributed by atoms with van der Waals surface area (Å²) < 4.78 is 2.41. The summed E-state index contributed by atoms with van der Waals surface area (Å²) in [6.45, 7) is 9.19. The number of halogens is 1. The molecule has 4 aromatic rings. The van der Waals surface area contributed by atoms with Gasteiger partial charge in [0.2, 0.25) is 0 Å². The maximum Gasteiger partial charge on any atom is 0.131 e. The lowest BCUT2D eigenvalue weighted by Crippen LogP contribution is -2.30. The molecule has 0 fully saturated rings. The summed E-state index contributed by atoms with van der Waals surface area (Å²) in [5.74, 6) is 0. The highest BCUT2D eigenvalue weighted by molar-refractivity contribution is 6.30. The molecule has 30 heavy (non-hydrogen) atoms. The summed E-state index contributed by atoms with van der Waals surface area (Å²) in [5.41, 5.74) is 11.3. The van der Waals surface area contributed by atoms with Crippen LogP contribution in [-0.4, -0.2) is 16.1 Å². The first-order valence-electron chi connectivity index (χ1n) is 10.5. The molecule has 0 unspecified atom stereocenters. The van der Waals surface area contributed by atoms with Gasteiger partial charge in [-0.25, -0.2) is 4.98 Å². The van der Waals surface area contributed by atoms with Crippen LogP contribution in [0.5, 0.6) is 0 Å². The van der Waals surface area contributed by atoms with E-state index in [4.69, 9.17) is 16.6 Å². The maximum atomic E-state index is 6.51. The fourth-order valence-corrected chi connectivity index (χ4v) is 4.77. The summed E-state index contributed by atoms with van der Waals surface area (Å²) in [5, 5.41) is 0.562. The lowest BCUT2D eigenvalue weighted by atomic mass is 9.99. The van der Waals surface area contributed by atoms with E-state index >= 15 is 0 Å². The van der Waals surface area contributed by atoms with E-state index in [9.17, 15) is 0 Å². The molecule has 0 spiro atoms. The molecule has 5 rings (SSSR count). The molecule has 1 aliphatic rings. The predicted molar refractivity (Wildman–Crippen MR) is 126 cm³/mol. The molecule has 1 aliphatic heterocycles. The Morgan fingerprint density at radius 1 is 0.967 bits per heavy atom. The van der Waals surface area contributed by atoms with Gasteiger partial charge in [-0.2, -0.15) is 0 Å². The fraction of sp³-hybridized carbons (Fsp3) is 0.269. The second kappa shape index (κ2) is 7.48. The zero-order chi connectivity index (χ0) is 20.8. The zero-order valence-electron chi connectivity index (χ0n) is 17.7. The van der Waals surface area contributed by atoms with E-state index < -0.39 is 0 Å². The topological polar surface area (TPSA) is 21.1 Å². The van der Waals surface area contributed by atoms with Gasteiger partial charge in [0.05, 0.1) is 16.7 Å². The summed E-state index contributed by atoms with van der Waals surface area (Å²) in [4.78, 5) is 7.19.